The van der Waals surface area contributed by atoms with E-state index < -0.39 is 0 Å². The molecule has 5 nitrogen and oxygen atoms in total. The van der Waals surface area contributed by atoms with Gasteiger partial charge in [-0.25, -0.2) is 4.79 Å². The molecular formula is C14H22N2O3. The zero-order valence-electron chi connectivity index (χ0n) is 12.5. The maximum Gasteiger partial charge on any atom is 0.410 e. The highest BCUT2D eigenvalue weighted by Crippen LogP contribution is 1.83. The Kier molecular flexibility index (Phi) is 12.5. The Morgan fingerprint density at radius 2 is 1.47 bits per heavy atom. The second kappa shape index (κ2) is 12.3. The van der Waals surface area contributed by atoms with Crippen LogP contribution in [-0.4, -0.2) is 56.6 Å². The average Bonchev–Trinajstić information content (AvgIpc) is 2.36. The van der Waals surface area contributed by atoms with Gasteiger partial charge < -0.3 is 14.5 Å². The van der Waals surface area contributed by atoms with Gasteiger partial charge in [-0.1, -0.05) is 11.8 Å². The number of hydrogen-bond acceptors (Lipinski definition) is 3. The topological polar surface area (TPSA) is 49.9 Å². The van der Waals surface area contributed by atoms with Crippen LogP contribution in [0.2, 0.25) is 0 Å². The third kappa shape index (κ3) is 13.8. The van der Waals surface area contributed by atoms with Crippen LogP contribution in [0.4, 0.5) is 4.79 Å². The summed E-state index contributed by atoms with van der Waals surface area (Å²) in [4.78, 5) is 24.3. The van der Waals surface area contributed by atoms with Crippen LogP contribution >= 0.6 is 0 Å². The van der Waals surface area contributed by atoms with Crippen LogP contribution in [0.1, 0.15) is 20.3 Å². The smallest absolute Gasteiger partial charge is 0.410 e. The molecule has 2 amide bonds. The molecule has 19 heavy (non-hydrogen) atoms. The third-order valence-electron chi connectivity index (χ3n) is 1.72. The van der Waals surface area contributed by atoms with Gasteiger partial charge in [0.15, 0.2) is 6.61 Å². The predicted molar refractivity (Wildman–Crippen MR) is 75.2 cm³/mol. The zero-order valence-corrected chi connectivity index (χ0v) is 12.5. The third-order valence-corrected chi connectivity index (χ3v) is 1.72. The first-order valence-electron chi connectivity index (χ1n) is 5.70. The summed E-state index contributed by atoms with van der Waals surface area (Å²) in [5.74, 6) is 10.6. The molecule has 0 atom stereocenters. The second-order valence-electron chi connectivity index (χ2n) is 3.77. The van der Waals surface area contributed by atoms with Crippen molar-refractivity contribution in [3.63, 3.8) is 0 Å². The fourth-order valence-corrected chi connectivity index (χ4v) is 0.621. The van der Waals surface area contributed by atoms with E-state index in [2.05, 4.69) is 28.4 Å². The number of carbonyl (C=O) groups excluding carboxylic acids is 2. The molecule has 0 N–H and O–H groups in total. The Morgan fingerprint density at radius 3 is 1.84 bits per heavy atom. The summed E-state index contributed by atoms with van der Waals surface area (Å²) in [6.45, 7) is 3.60. The summed E-state index contributed by atoms with van der Waals surface area (Å²) in [5.41, 5.74) is 0. The zero-order chi connectivity index (χ0) is 15.3. The van der Waals surface area contributed by atoms with Crippen molar-refractivity contribution >= 4 is 12.0 Å². The molecule has 0 fully saturated rings. The lowest BCUT2D eigenvalue weighted by Crippen LogP contribution is -2.22. The number of rotatable bonds is 2. The monoisotopic (exact) mass is 266 g/mol. The van der Waals surface area contributed by atoms with Crippen molar-refractivity contribution in [2.24, 2.45) is 0 Å². The number of nitrogens with zero attached hydrogens (tertiary/aromatic N) is 2. The lowest BCUT2D eigenvalue weighted by Gasteiger charge is -2.07. The first-order chi connectivity index (χ1) is 8.86. The number of carbonyl (C=O) groups is 2. The van der Waals surface area contributed by atoms with Crippen molar-refractivity contribution in [3.8, 4) is 23.7 Å². The van der Waals surface area contributed by atoms with E-state index in [0.29, 0.717) is 6.42 Å². The minimum Gasteiger partial charge on any atom is -0.436 e. The fraction of sp³-hybridized carbons (Fsp3) is 0.571. The number of amides is 2. The highest BCUT2D eigenvalue weighted by atomic mass is 16.5. The number of hydrogen-bond donors (Lipinski definition) is 0. The van der Waals surface area contributed by atoms with Gasteiger partial charge >= 0.3 is 6.09 Å². The van der Waals surface area contributed by atoms with Crippen molar-refractivity contribution < 1.29 is 14.3 Å². The van der Waals surface area contributed by atoms with E-state index in [1.54, 1.807) is 42.0 Å². The predicted octanol–water partition coefficient (Wildman–Crippen LogP) is 1.20. The van der Waals surface area contributed by atoms with E-state index >= 15 is 0 Å². The fourth-order valence-electron chi connectivity index (χ4n) is 0.621. The maximum absolute atomic E-state index is 10.7. The highest BCUT2D eigenvalue weighted by molar-refractivity contribution is 5.78. The van der Waals surface area contributed by atoms with Crippen LogP contribution in [0.15, 0.2) is 0 Å². The maximum atomic E-state index is 10.7. The lowest BCUT2D eigenvalue weighted by molar-refractivity contribution is -0.127. The van der Waals surface area contributed by atoms with E-state index in [-0.39, 0.29) is 18.6 Å². The van der Waals surface area contributed by atoms with Gasteiger partial charge in [-0.3, -0.25) is 4.79 Å². The molecule has 0 radical (unpaired) electrons. The highest BCUT2D eigenvalue weighted by Gasteiger charge is 2.00. The largest absolute Gasteiger partial charge is 0.436 e. The minimum atomic E-state index is -0.359. The quantitative estimate of drug-likeness (QED) is 0.706. The summed E-state index contributed by atoms with van der Waals surface area (Å²) < 4.78 is 4.66. The molecule has 106 valence electrons. The molecule has 5 heteroatoms. The molecule has 0 saturated heterocycles. The van der Waals surface area contributed by atoms with Crippen LogP contribution < -0.4 is 0 Å². The van der Waals surface area contributed by atoms with Crippen molar-refractivity contribution in [2.45, 2.75) is 20.3 Å². The van der Waals surface area contributed by atoms with Crippen LogP contribution in [0.5, 0.6) is 0 Å². The summed E-state index contributed by atoms with van der Waals surface area (Å²) in [7, 11) is 6.70. The van der Waals surface area contributed by atoms with Gasteiger partial charge in [-0.15, -0.1) is 11.8 Å². The van der Waals surface area contributed by atoms with Gasteiger partial charge in [-0.2, -0.15) is 0 Å². The molecule has 0 aliphatic rings. The summed E-state index contributed by atoms with van der Waals surface area (Å²) in [6.07, 6.45) is -0.0218. The van der Waals surface area contributed by atoms with Crippen molar-refractivity contribution in [2.75, 3.05) is 34.8 Å². The molecule has 0 heterocycles. The van der Waals surface area contributed by atoms with Gasteiger partial charge in [0.1, 0.15) is 0 Å². The van der Waals surface area contributed by atoms with Gasteiger partial charge in [-0.05, 0) is 13.8 Å². The molecule has 0 unspecified atom stereocenters. The number of ether oxygens (including phenoxy) is 1. The molecule has 0 aromatic heterocycles. The molecular weight excluding hydrogens is 244 g/mol. The van der Waals surface area contributed by atoms with Crippen LogP contribution in [-0.2, 0) is 9.53 Å². The van der Waals surface area contributed by atoms with E-state index in [9.17, 15) is 9.59 Å². The Bertz CT molecular complexity index is 392. The minimum absolute atomic E-state index is 0.0596. The molecule has 0 rings (SSSR count). The molecule has 0 spiro atoms. The summed E-state index contributed by atoms with van der Waals surface area (Å²) >= 11 is 0. The van der Waals surface area contributed by atoms with Gasteiger partial charge in [0, 0.05) is 28.2 Å². The van der Waals surface area contributed by atoms with E-state index in [1.807, 2.05) is 0 Å². The molecule has 0 saturated carbocycles. The van der Waals surface area contributed by atoms with Gasteiger partial charge in [0.05, 0.1) is 6.42 Å². The normalized spacial score (nSPS) is 7.47. The van der Waals surface area contributed by atoms with E-state index in [1.165, 1.54) is 9.80 Å². The van der Waals surface area contributed by atoms with Crippen LogP contribution in [0.25, 0.3) is 0 Å². The Morgan fingerprint density at radius 1 is 0.947 bits per heavy atom. The Labute approximate surface area is 115 Å². The molecule has 0 aromatic rings. The second-order valence-corrected chi connectivity index (χ2v) is 3.77. The van der Waals surface area contributed by atoms with Gasteiger partial charge in [0.2, 0.25) is 5.91 Å². The van der Waals surface area contributed by atoms with Crippen LogP contribution in [0, 0.1) is 23.7 Å². The molecule has 0 bridgehead atoms. The first-order valence-corrected chi connectivity index (χ1v) is 5.70. The average molecular weight is 266 g/mol. The van der Waals surface area contributed by atoms with Crippen molar-refractivity contribution in [1.29, 1.82) is 0 Å². The molecule has 0 aromatic carbocycles. The van der Waals surface area contributed by atoms with E-state index in [0.717, 1.165) is 0 Å². The summed E-state index contributed by atoms with van der Waals surface area (Å²) in [5, 5.41) is 0. The molecule has 0 aliphatic heterocycles. The van der Waals surface area contributed by atoms with E-state index in [4.69, 9.17) is 0 Å². The van der Waals surface area contributed by atoms with Gasteiger partial charge in [0.25, 0.3) is 0 Å². The standard InChI is InChI=1S/C7H11NO2.C7H11NO/c1-4-5-6-10-7(9)8(2)3;1-4-5-6-7(9)8(2)3/h6H2,1-3H3;6H2,1-3H3. The van der Waals surface area contributed by atoms with Crippen molar-refractivity contribution in [1.82, 2.24) is 9.80 Å². The SMILES string of the molecule is CC#CCC(=O)N(C)C.CC#CCOC(=O)N(C)C. The van der Waals surface area contributed by atoms with Crippen molar-refractivity contribution in [3.05, 3.63) is 0 Å². The Hall–Kier alpha value is -2.14. The lowest BCUT2D eigenvalue weighted by atomic mass is 10.4. The first kappa shape index (κ1) is 19.2. The molecule has 0 aliphatic carbocycles. The Balaban J connectivity index is 0. The summed E-state index contributed by atoms with van der Waals surface area (Å²) in [6, 6.07) is 0. The van der Waals surface area contributed by atoms with Crippen LogP contribution in [0.3, 0.4) is 0 Å².